The Morgan fingerprint density at radius 3 is 2.53 bits per heavy atom. The first-order valence-electron chi connectivity index (χ1n) is 4.16. The van der Waals surface area contributed by atoms with Crippen LogP contribution in [0.15, 0.2) is 18.3 Å². The number of halogens is 3. The van der Waals surface area contributed by atoms with E-state index in [1.165, 1.54) is 0 Å². The lowest BCUT2D eigenvalue weighted by Crippen LogP contribution is -2.19. The van der Waals surface area contributed by atoms with Gasteiger partial charge in [-0.15, -0.1) is 0 Å². The smallest absolute Gasteiger partial charge is 0.313 e. The number of hydrogen-bond acceptors (Lipinski definition) is 3. The molecule has 3 nitrogen and oxygen atoms in total. The third kappa shape index (κ3) is 3.02. The van der Waals surface area contributed by atoms with Crippen molar-refractivity contribution in [2.45, 2.75) is 6.18 Å². The monoisotopic (exact) mass is 218 g/mol. The molecule has 0 amide bonds. The molecule has 1 N–H and O–H groups in total. The zero-order valence-electron chi connectivity index (χ0n) is 7.93. The average Bonchev–Trinajstić information content (AvgIpc) is 2.17. The van der Waals surface area contributed by atoms with Crippen LogP contribution in [0.2, 0.25) is 0 Å². The fourth-order valence-electron chi connectivity index (χ4n) is 0.978. The number of nitrogens with zero attached hydrogens (tertiary/aromatic N) is 1. The van der Waals surface area contributed by atoms with Crippen LogP contribution < -0.4 is 5.32 Å². The van der Waals surface area contributed by atoms with Crippen molar-refractivity contribution in [3.05, 3.63) is 29.6 Å². The van der Waals surface area contributed by atoms with Gasteiger partial charge in [0.1, 0.15) is 5.69 Å². The average molecular weight is 218 g/mol. The van der Waals surface area contributed by atoms with Gasteiger partial charge in [0.15, 0.2) is 5.78 Å². The molecule has 0 unspecified atom stereocenters. The predicted octanol–water partition coefficient (Wildman–Crippen LogP) is 1.50. The molecule has 0 radical (unpaired) electrons. The van der Waals surface area contributed by atoms with E-state index in [-0.39, 0.29) is 18.0 Å². The molecule has 1 heterocycles. The fraction of sp³-hybridized carbons (Fsp3) is 0.333. The van der Waals surface area contributed by atoms with E-state index in [0.29, 0.717) is 6.20 Å². The second-order valence-corrected chi connectivity index (χ2v) is 2.88. The van der Waals surface area contributed by atoms with E-state index in [1.807, 2.05) is 0 Å². The Kier molecular flexibility index (Phi) is 3.41. The lowest BCUT2D eigenvalue weighted by molar-refractivity contribution is -0.137. The Morgan fingerprint density at radius 2 is 2.13 bits per heavy atom. The number of nitrogens with one attached hydrogen (secondary N) is 1. The van der Waals surface area contributed by atoms with Crippen LogP contribution in [0.3, 0.4) is 0 Å². The molecule has 82 valence electrons. The van der Waals surface area contributed by atoms with E-state index >= 15 is 0 Å². The first-order chi connectivity index (χ1) is 6.95. The van der Waals surface area contributed by atoms with Crippen LogP contribution in [0.5, 0.6) is 0 Å². The molecule has 0 aliphatic heterocycles. The van der Waals surface area contributed by atoms with Gasteiger partial charge in [-0.3, -0.25) is 9.78 Å². The molecule has 0 aromatic carbocycles. The van der Waals surface area contributed by atoms with Gasteiger partial charge in [0, 0.05) is 6.20 Å². The Morgan fingerprint density at radius 1 is 1.47 bits per heavy atom. The molecule has 0 atom stereocenters. The van der Waals surface area contributed by atoms with Crippen molar-refractivity contribution in [3.63, 3.8) is 0 Å². The summed E-state index contributed by atoms with van der Waals surface area (Å²) < 4.78 is 36.4. The minimum absolute atomic E-state index is 0.0253. The molecule has 1 aromatic heterocycles. The third-order valence-corrected chi connectivity index (χ3v) is 1.71. The summed E-state index contributed by atoms with van der Waals surface area (Å²) in [5.74, 6) is -0.341. The summed E-state index contributed by atoms with van der Waals surface area (Å²) in [6.07, 6.45) is -3.76. The molecule has 0 aliphatic rings. The second-order valence-electron chi connectivity index (χ2n) is 2.88. The lowest BCUT2D eigenvalue weighted by atomic mass is 10.2. The third-order valence-electron chi connectivity index (χ3n) is 1.71. The standard InChI is InChI=1S/C9H9F3N2O/c1-13-5-8(15)7-3-2-6(4-14-7)9(10,11)12/h2-4,13H,5H2,1H3. The van der Waals surface area contributed by atoms with Crippen molar-refractivity contribution in [2.24, 2.45) is 0 Å². The molecule has 0 saturated carbocycles. The van der Waals surface area contributed by atoms with Gasteiger partial charge in [0.2, 0.25) is 0 Å². The Bertz CT molecular complexity index is 345. The summed E-state index contributed by atoms with van der Waals surface area (Å²) in [4.78, 5) is 14.7. The molecular formula is C9H9F3N2O. The first kappa shape index (κ1) is 11.6. The van der Waals surface area contributed by atoms with Crippen LogP contribution in [0, 0.1) is 0 Å². The van der Waals surface area contributed by atoms with Crippen molar-refractivity contribution in [2.75, 3.05) is 13.6 Å². The highest BCUT2D eigenvalue weighted by Crippen LogP contribution is 2.28. The Hall–Kier alpha value is -1.43. The maximum atomic E-state index is 12.1. The molecule has 0 aliphatic carbocycles. The number of aromatic nitrogens is 1. The predicted molar refractivity (Wildman–Crippen MR) is 47.5 cm³/mol. The van der Waals surface area contributed by atoms with Gasteiger partial charge < -0.3 is 5.32 Å². The van der Waals surface area contributed by atoms with Gasteiger partial charge in [-0.2, -0.15) is 13.2 Å². The molecule has 1 rings (SSSR count). The van der Waals surface area contributed by atoms with Crippen LogP contribution in [0.1, 0.15) is 16.1 Å². The van der Waals surface area contributed by atoms with Crippen LogP contribution in [0.4, 0.5) is 13.2 Å². The SMILES string of the molecule is CNCC(=O)c1ccc(C(F)(F)F)cn1. The Balaban J connectivity index is 2.86. The normalized spacial score (nSPS) is 11.5. The molecular weight excluding hydrogens is 209 g/mol. The van der Waals surface area contributed by atoms with Gasteiger partial charge in [0.25, 0.3) is 0 Å². The summed E-state index contributed by atoms with van der Waals surface area (Å²) in [6.45, 7) is 0.0539. The van der Waals surface area contributed by atoms with E-state index < -0.39 is 11.7 Å². The number of rotatable bonds is 3. The maximum absolute atomic E-state index is 12.1. The quantitative estimate of drug-likeness (QED) is 0.782. The Labute approximate surface area is 84.3 Å². The second kappa shape index (κ2) is 4.39. The number of carbonyl (C=O) groups is 1. The largest absolute Gasteiger partial charge is 0.417 e. The molecule has 0 bridgehead atoms. The van der Waals surface area contributed by atoms with Crippen molar-refractivity contribution in [3.8, 4) is 0 Å². The van der Waals surface area contributed by atoms with Crippen molar-refractivity contribution < 1.29 is 18.0 Å². The molecule has 0 saturated heterocycles. The van der Waals surface area contributed by atoms with Gasteiger partial charge in [0.05, 0.1) is 12.1 Å². The van der Waals surface area contributed by atoms with Gasteiger partial charge in [-0.25, -0.2) is 0 Å². The van der Waals surface area contributed by atoms with Gasteiger partial charge in [-0.1, -0.05) is 0 Å². The van der Waals surface area contributed by atoms with E-state index in [9.17, 15) is 18.0 Å². The molecule has 6 heteroatoms. The van der Waals surface area contributed by atoms with Crippen LogP contribution in [-0.2, 0) is 6.18 Å². The number of carbonyl (C=O) groups excluding carboxylic acids is 1. The summed E-state index contributed by atoms with van der Waals surface area (Å²) in [7, 11) is 1.57. The molecule has 0 spiro atoms. The van der Waals surface area contributed by atoms with Crippen LogP contribution >= 0.6 is 0 Å². The highest BCUT2D eigenvalue weighted by molar-refractivity contribution is 5.95. The van der Waals surface area contributed by atoms with E-state index in [4.69, 9.17) is 0 Å². The molecule has 1 aromatic rings. The summed E-state index contributed by atoms with van der Waals surface area (Å²) in [5, 5.41) is 2.60. The fourth-order valence-corrected chi connectivity index (χ4v) is 0.978. The zero-order valence-corrected chi connectivity index (χ0v) is 7.93. The van der Waals surface area contributed by atoms with E-state index in [0.717, 1.165) is 12.1 Å². The number of ketones is 1. The minimum Gasteiger partial charge on any atom is -0.313 e. The minimum atomic E-state index is -4.42. The van der Waals surface area contributed by atoms with Gasteiger partial charge >= 0.3 is 6.18 Å². The maximum Gasteiger partial charge on any atom is 0.417 e. The number of hydrogen-bond donors (Lipinski definition) is 1. The van der Waals surface area contributed by atoms with Crippen molar-refractivity contribution in [1.82, 2.24) is 10.3 Å². The number of pyridine rings is 1. The van der Waals surface area contributed by atoms with E-state index in [2.05, 4.69) is 10.3 Å². The summed E-state index contributed by atoms with van der Waals surface area (Å²) >= 11 is 0. The number of likely N-dealkylation sites (N-methyl/N-ethyl adjacent to an activating group) is 1. The zero-order chi connectivity index (χ0) is 11.5. The topological polar surface area (TPSA) is 42.0 Å². The summed E-state index contributed by atoms with van der Waals surface area (Å²) in [5.41, 5.74) is -0.833. The number of alkyl halides is 3. The van der Waals surface area contributed by atoms with Crippen molar-refractivity contribution >= 4 is 5.78 Å². The highest BCUT2D eigenvalue weighted by atomic mass is 19.4. The van der Waals surface area contributed by atoms with Crippen LogP contribution in [-0.4, -0.2) is 24.4 Å². The lowest BCUT2D eigenvalue weighted by Gasteiger charge is -2.06. The molecule has 15 heavy (non-hydrogen) atoms. The van der Waals surface area contributed by atoms with E-state index in [1.54, 1.807) is 7.05 Å². The highest BCUT2D eigenvalue weighted by Gasteiger charge is 2.30. The summed E-state index contributed by atoms with van der Waals surface area (Å²) in [6, 6.07) is 1.92. The van der Waals surface area contributed by atoms with Crippen LogP contribution in [0.25, 0.3) is 0 Å². The molecule has 0 fully saturated rings. The first-order valence-corrected chi connectivity index (χ1v) is 4.16. The van der Waals surface area contributed by atoms with Gasteiger partial charge in [-0.05, 0) is 19.2 Å². The van der Waals surface area contributed by atoms with Crippen molar-refractivity contribution in [1.29, 1.82) is 0 Å². The number of Topliss-reactive ketones (excluding diaryl/α,β-unsaturated/α-hetero) is 1.